The summed E-state index contributed by atoms with van der Waals surface area (Å²) in [5, 5.41) is 0.205. The highest BCUT2D eigenvalue weighted by Crippen LogP contribution is 2.43. The number of imidazole rings is 1. The summed E-state index contributed by atoms with van der Waals surface area (Å²) in [6, 6.07) is 10.4. The summed E-state index contributed by atoms with van der Waals surface area (Å²) < 4.78 is 22.4. The molecule has 0 spiro atoms. The minimum Gasteiger partial charge on any atom is -0.414 e. The van der Waals surface area contributed by atoms with Crippen LogP contribution in [0.15, 0.2) is 41.6 Å². The number of anilines is 1. The second kappa shape index (κ2) is 12.1. The van der Waals surface area contributed by atoms with E-state index in [0.29, 0.717) is 18.7 Å². The third-order valence-corrected chi connectivity index (χ3v) is 19.0. The maximum absolute atomic E-state index is 6.97. The molecule has 41 heavy (non-hydrogen) atoms. The largest absolute Gasteiger partial charge is 0.414 e. The molecule has 3 heterocycles. The van der Waals surface area contributed by atoms with Gasteiger partial charge in [0.1, 0.15) is 17.8 Å². The summed E-state index contributed by atoms with van der Waals surface area (Å²) >= 11 is 1.79. The van der Waals surface area contributed by atoms with Crippen LogP contribution in [-0.4, -0.2) is 60.7 Å². The molecular weight excluding hydrogens is 567 g/mol. The van der Waals surface area contributed by atoms with E-state index in [4.69, 9.17) is 24.3 Å². The Bertz CT molecular complexity index is 1320. The van der Waals surface area contributed by atoms with E-state index in [-0.39, 0.29) is 34.5 Å². The highest BCUT2D eigenvalue weighted by Gasteiger charge is 2.47. The van der Waals surface area contributed by atoms with E-state index in [1.54, 1.807) is 11.8 Å². The quantitative estimate of drug-likeness (QED) is 0.186. The minimum absolute atomic E-state index is 0.0796. The fourth-order valence-corrected chi connectivity index (χ4v) is 7.62. The molecule has 11 heteroatoms. The maximum Gasteiger partial charge on any atom is 0.222 e. The molecule has 1 fully saturated rings. The lowest BCUT2D eigenvalue weighted by Gasteiger charge is -2.40. The van der Waals surface area contributed by atoms with Crippen LogP contribution in [0.5, 0.6) is 0 Å². The summed E-state index contributed by atoms with van der Waals surface area (Å²) in [6.07, 6.45) is 2.73. The Morgan fingerprint density at radius 1 is 1.00 bits per heavy atom. The SMILES string of the molecule is CC(C)(C)[Si](C)(C)OC[C@H]1OC(n2cnc3c(CCSc4ccccc4)nc(N)nc32)C[C@@H]1O[Si](C)(C)C(C)(C)C. The van der Waals surface area contributed by atoms with Crippen LogP contribution in [-0.2, 0) is 20.0 Å². The Morgan fingerprint density at radius 2 is 1.66 bits per heavy atom. The number of thioether (sulfide) groups is 1. The molecule has 0 amide bonds. The lowest BCUT2D eigenvalue weighted by atomic mass is 10.2. The molecule has 3 atom stereocenters. The number of ether oxygens (including phenoxy) is 1. The Labute approximate surface area is 252 Å². The Hall–Kier alpha value is -1.77. The molecular formula is C30H49N5O3SSi2. The predicted octanol–water partition coefficient (Wildman–Crippen LogP) is 7.44. The van der Waals surface area contributed by atoms with Crippen molar-refractivity contribution in [3.05, 3.63) is 42.4 Å². The smallest absolute Gasteiger partial charge is 0.222 e. The van der Waals surface area contributed by atoms with Gasteiger partial charge in [-0.3, -0.25) is 4.57 Å². The second-order valence-corrected chi connectivity index (χ2v) is 24.9. The van der Waals surface area contributed by atoms with Gasteiger partial charge in [-0.05, 0) is 48.4 Å². The minimum atomic E-state index is -2.05. The van der Waals surface area contributed by atoms with Crippen LogP contribution in [0, 0.1) is 0 Å². The van der Waals surface area contributed by atoms with Gasteiger partial charge in [-0.25, -0.2) is 9.97 Å². The van der Waals surface area contributed by atoms with Gasteiger partial charge in [-0.2, -0.15) is 4.98 Å². The molecule has 1 aliphatic heterocycles. The lowest BCUT2D eigenvalue weighted by molar-refractivity contribution is -0.0383. The summed E-state index contributed by atoms with van der Waals surface area (Å²) in [7, 11) is -4.01. The van der Waals surface area contributed by atoms with E-state index in [2.05, 4.69) is 102 Å². The molecule has 226 valence electrons. The number of rotatable bonds is 10. The zero-order chi connectivity index (χ0) is 30.2. The van der Waals surface area contributed by atoms with Crippen molar-refractivity contribution in [2.24, 2.45) is 0 Å². The van der Waals surface area contributed by atoms with Crippen LogP contribution in [0.25, 0.3) is 11.2 Å². The number of nitrogen functional groups attached to an aromatic ring is 1. The first-order chi connectivity index (χ1) is 19.0. The Morgan fingerprint density at radius 3 is 2.29 bits per heavy atom. The van der Waals surface area contributed by atoms with Crippen molar-refractivity contribution in [2.75, 3.05) is 18.1 Å². The molecule has 1 aliphatic rings. The first-order valence-electron chi connectivity index (χ1n) is 14.6. The van der Waals surface area contributed by atoms with Gasteiger partial charge in [0.25, 0.3) is 0 Å². The lowest BCUT2D eigenvalue weighted by Crippen LogP contribution is -2.48. The Kier molecular flexibility index (Phi) is 9.48. The van der Waals surface area contributed by atoms with Gasteiger partial charge in [0.2, 0.25) is 5.95 Å². The third kappa shape index (κ3) is 7.42. The normalized spacial score (nSPS) is 20.7. The average molecular weight is 616 g/mol. The summed E-state index contributed by atoms with van der Waals surface area (Å²) in [4.78, 5) is 15.2. The van der Waals surface area contributed by atoms with Crippen LogP contribution in [0.1, 0.15) is 59.9 Å². The second-order valence-electron chi connectivity index (χ2n) is 14.1. The maximum atomic E-state index is 6.97. The van der Waals surface area contributed by atoms with Crippen molar-refractivity contribution in [1.82, 2.24) is 19.5 Å². The number of nitrogens with zero attached hydrogens (tertiary/aromatic N) is 4. The average Bonchev–Trinajstić information content (AvgIpc) is 3.45. The number of hydrogen-bond acceptors (Lipinski definition) is 8. The number of aryl methyl sites for hydroxylation is 1. The predicted molar refractivity (Wildman–Crippen MR) is 174 cm³/mol. The Balaban J connectivity index is 1.57. The van der Waals surface area contributed by atoms with Gasteiger partial charge in [0.05, 0.1) is 24.7 Å². The van der Waals surface area contributed by atoms with Crippen LogP contribution < -0.4 is 5.73 Å². The molecule has 0 bridgehead atoms. The van der Waals surface area contributed by atoms with Crippen LogP contribution in [0.4, 0.5) is 5.95 Å². The monoisotopic (exact) mass is 615 g/mol. The fourth-order valence-electron chi connectivity index (χ4n) is 4.37. The van der Waals surface area contributed by atoms with E-state index < -0.39 is 16.6 Å². The number of hydrogen-bond donors (Lipinski definition) is 1. The van der Waals surface area contributed by atoms with Crippen LogP contribution in [0.3, 0.4) is 0 Å². The van der Waals surface area contributed by atoms with Crippen molar-refractivity contribution in [3.8, 4) is 0 Å². The molecule has 2 N–H and O–H groups in total. The van der Waals surface area contributed by atoms with E-state index in [0.717, 1.165) is 23.4 Å². The first-order valence-corrected chi connectivity index (χ1v) is 21.4. The van der Waals surface area contributed by atoms with Crippen LogP contribution in [0.2, 0.25) is 36.3 Å². The first kappa shape index (κ1) is 32.2. The zero-order valence-electron chi connectivity index (χ0n) is 26.5. The molecule has 8 nitrogen and oxygen atoms in total. The number of benzene rings is 1. The molecule has 2 aromatic heterocycles. The summed E-state index contributed by atoms with van der Waals surface area (Å²) in [5.74, 6) is 1.13. The van der Waals surface area contributed by atoms with E-state index in [1.807, 2.05) is 17.0 Å². The van der Waals surface area contributed by atoms with Crippen molar-refractivity contribution in [2.45, 2.75) is 114 Å². The highest BCUT2D eigenvalue weighted by atomic mass is 32.2. The standard InChI is InChI=1S/C30H49N5O3SSi2/c1-29(2,3)40(7,8)36-19-24-23(38-41(9,10)30(4,5)6)18-25(37-24)35-20-32-26-22(33-28(31)34-27(26)35)16-17-39-21-14-12-11-13-15-21/h11-15,20,23-25H,16-19H2,1-10H3,(H2,31,33,34)/t23-,24+,25?/m0/s1. The molecule has 0 aliphatic carbocycles. The van der Waals surface area contributed by atoms with Crippen molar-refractivity contribution in [3.63, 3.8) is 0 Å². The molecule has 0 radical (unpaired) electrons. The van der Waals surface area contributed by atoms with Crippen molar-refractivity contribution < 1.29 is 13.6 Å². The van der Waals surface area contributed by atoms with Gasteiger partial charge in [-0.1, -0.05) is 59.7 Å². The number of nitrogens with two attached hydrogens (primary N) is 1. The fraction of sp³-hybridized carbons (Fsp3) is 0.633. The van der Waals surface area contributed by atoms with Gasteiger partial charge in [0, 0.05) is 23.5 Å². The molecule has 0 saturated carbocycles. The van der Waals surface area contributed by atoms with Gasteiger partial charge < -0.3 is 19.3 Å². The third-order valence-electron chi connectivity index (χ3n) is 9.02. The summed E-state index contributed by atoms with van der Waals surface area (Å²) in [5.41, 5.74) is 8.56. The number of fused-ring (bicyclic) bond motifs is 1. The van der Waals surface area contributed by atoms with Gasteiger partial charge >= 0.3 is 0 Å². The topological polar surface area (TPSA) is 97.3 Å². The van der Waals surface area contributed by atoms with E-state index in [1.165, 1.54) is 4.90 Å². The number of aromatic nitrogens is 4. The van der Waals surface area contributed by atoms with E-state index in [9.17, 15) is 0 Å². The zero-order valence-corrected chi connectivity index (χ0v) is 29.3. The highest BCUT2D eigenvalue weighted by molar-refractivity contribution is 7.99. The molecule has 1 saturated heterocycles. The van der Waals surface area contributed by atoms with Gasteiger partial charge in [-0.15, -0.1) is 11.8 Å². The van der Waals surface area contributed by atoms with Gasteiger partial charge in [0.15, 0.2) is 22.3 Å². The van der Waals surface area contributed by atoms with E-state index >= 15 is 0 Å². The van der Waals surface area contributed by atoms with Crippen molar-refractivity contribution >= 4 is 45.5 Å². The molecule has 1 unspecified atom stereocenters. The summed E-state index contributed by atoms with van der Waals surface area (Å²) in [6.45, 7) is 23.3. The van der Waals surface area contributed by atoms with Crippen molar-refractivity contribution in [1.29, 1.82) is 0 Å². The molecule has 1 aromatic carbocycles. The molecule has 3 aromatic rings. The molecule has 4 rings (SSSR count). The van der Waals surface area contributed by atoms with Crippen LogP contribution >= 0.6 is 11.8 Å².